The number of halogens is 1. The summed E-state index contributed by atoms with van der Waals surface area (Å²) in [5, 5.41) is 0.440. The molecule has 5 nitrogen and oxygen atoms in total. The number of aryl methyl sites for hydroxylation is 1. The Bertz CT molecular complexity index is 602. The molecule has 1 rings (SSSR count). The molecule has 21 heavy (non-hydrogen) atoms. The van der Waals surface area contributed by atoms with Crippen LogP contribution in [0.15, 0.2) is 18.2 Å². The van der Waals surface area contributed by atoms with E-state index in [4.69, 9.17) is 17.3 Å². The van der Waals surface area contributed by atoms with Crippen molar-refractivity contribution in [2.45, 2.75) is 32.4 Å². The Kier molecular flexibility index (Phi) is 6.64. The molecule has 0 fully saturated rings. The topological polar surface area (TPSA) is 80.5 Å². The molecule has 0 aliphatic rings. The lowest BCUT2D eigenvalue weighted by Crippen LogP contribution is -2.39. The van der Waals surface area contributed by atoms with E-state index >= 15 is 0 Å². The van der Waals surface area contributed by atoms with Crippen molar-refractivity contribution >= 4 is 27.5 Å². The van der Waals surface area contributed by atoms with Gasteiger partial charge in [0.1, 0.15) is 0 Å². The van der Waals surface area contributed by atoms with E-state index in [1.54, 1.807) is 12.1 Å². The van der Waals surface area contributed by atoms with E-state index in [1.165, 1.54) is 0 Å². The molecular formula is C14H21ClN2O3S. The molecule has 0 bridgehead atoms. The molecule has 0 aliphatic heterocycles. The van der Waals surface area contributed by atoms with E-state index in [0.29, 0.717) is 17.0 Å². The van der Waals surface area contributed by atoms with Crippen molar-refractivity contribution in [1.29, 1.82) is 0 Å². The molecular weight excluding hydrogens is 312 g/mol. The van der Waals surface area contributed by atoms with Crippen LogP contribution in [0.5, 0.6) is 0 Å². The molecule has 1 aromatic carbocycles. The van der Waals surface area contributed by atoms with Crippen molar-refractivity contribution in [3.05, 3.63) is 34.3 Å². The van der Waals surface area contributed by atoms with Crippen LogP contribution in [-0.4, -0.2) is 31.7 Å². The van der Waals surface area contributed by atoms with Gasteiger partial charge in [0.15, 0.2) is 0 Å². The Balaban J connectivity index is 2.99. The van der Waals surface area contributed by atoms with Crippen LogP contribution < -0.4 is 5.73 Å². The Hall–Kier alpha value is -1.11. The van der Waals surface area contributed by atoms with Gasteiger partial charge in [-0.3, -0.25) is 4.79 Å². The molecule has 0 radical (unpaired) electrons. The van der Waals surface area contributed by atoms with Gasteiger partial charge >= 0.3 is 0 Å². The Morgan fingerprint density at radius 3 is 2.62 bits per heavy atom. The third kappa shape index (κ3) is 5.30. The predicted octanol–water partition coefficient (Wildman–Crippen LogP) is 2.07. The molecule has 1 amide bonds. The van der Waals surface area contributed by atoms with Crippen LogP contribution >= 0.6 is 11.6 Å². The highest BCUT2D eigenvalue weighted by Gasteiger charge is 2.24. The van der Waals surface area contributed by atoms with Crippen molar-refractivity contribution < 1.29 is 13.2 Å². The number of nitrogens with two attached hydrogens (primary N) is 1. The molecule has 0 aromatic heterocycles. The maximum atomic E-state index is 12.5. The zero-order valence-electron chi connectivity index (χ0n) is 12.3. The van der Waals surface area contributed by atoms with Gasteiger partial charge in [0.2, 0.25) is 15.9 Å². The summed E-state index contributed by atoms with van der Waals surface area (Å²) in [6, 6.07) is 5.25. The zero-order valence-corrected chi connectivity index (χ0v) is 13.9. The van der Waals surface area contributed by atoms with Crippen LogP contribution in [-0.2, 0) is 20.6 Å². The first kappa shape index (κ1) is 17.9. The van der Waals surface area contributed by atoms with Crippen molar-refractivity contribution in [1.82, 2.24) is 4.31 Å². The second kappa shape index (κ2) is 7.77. The summed E-state index contributed by atoms with van der Waals surface area (Å²) in [6.07, 6.45) is 1.50. The summed E-state index contributed by atoms with van der Waals surface area (Å²) >= 11 is 6.14. The summed E-state index contributed by atoms with van der Waals surface area (Å²) in [6.45, 7) is 3.75. The summed E-state index contributed by atoms with van der Waals surface area (Å²) in [5.74, 6) is -0.894. The van der Waals surface area contributed by atoms with Crippen LogP contribution in [0.1, 0.15) is 30.9 Å². The van der Waals surface area contributed by atoms with Crippen molar-refractivity contribution in [2.75, 3.05) is 13.1 Å². The average molecular weight is 333 g/mol. The molecule has 0 heterocycles. The standard InChI is InChI=1S/C14H21ClN2O3S/c1-3-4-8-17(9-13(16)18)21(19,20)10-12-7-5-6-11(2)14(12)15/h5-7H,3-4,8-10H2,1-2H3,(H2,16,18). The lowest BCUT2D eigenvalue weighted by Gasteiger charge is -2.21. The lowest BCUT2D eigenvalue weighted by atomic mass is 10.2. The van der Waals surface area contributed by atoms with E-state index in [0.717, 1.165) is 16.3 Å². The number of hydrogen-bond acceptors (Lipinski definition) is 3. The summed E-state index contributed by atoms with van der Waals surface area (Å²) in [4.78, 5) is 11.1. The largest absolute Gasteiger partial charge is 0.369 e. The van der Waals surface area contributed by atoms with Gasteiger partial charge in [-0.2, -0.15) is 4.31 Å². The van der Waals surface area contributed by atoms with Crippen molar-refractivity contribution in [3.63, 3.8) is 0 Å². The minimum Gasteiger partial charge on any atom is -0.369 e. The third-order valence-electron chi connectivity index (χ3n) is 3.10. The van der Waals surface area contributed by atoms with E-state index in [-0.39, 0.29) is 18.8 Å². The molecule has 118 valence electrons. The van der Waals surface area contributed by atoms with E-state index in [9.17, 15) is 13.2 Å². The normalized spacial score (nSPS) is 11.8. The van der Waals surface area contributed by atoms with Gasteiger partial charge in [-0.1, -0.05) is 43.1 Å². The number of nitrogens with zero attached hydrogens (tertiary/aromatic N) is 1. The van der Waals surface area contributed by atoms with Gasteiger partial charge in [-0.25, -0.2) is 8.42 Å². The van der Waals surface area contributed by atoms with Gasteiger partial charge in [0, 0.05) is 11.6 Å². The number of hydrogen-bond donors (Lipinski definition) is 1. The molecule has 7 heteroatoms. The Morgan fingerprint density at radius 1 is 1.38 bits per heavy atom. The molecule has 0 spiro atoms. The average Bonchev–Trinajstić information content (AvgIpc) is 2.39. The number of carbonyl (C=O) groups excluding carboxylic acids is 1. The molecule has 1 aromatic rings. The second-order valence-electron chi connectivity index (χ2n) is 4.96. The van der Waals surface area contributed by atoms with Gasteiger partial charge in [-0.05, 0) is 24.5 Å². The minimum atomic E-state index is -3.63. The number of carbonyl (C=O) groups is 1. The van der Waals surface area contributed by atoms with Gasteiger partial charge < -0.3 is 5.73 Å². The van der Waals surface area contributed by atoms with Crippen molar-refractivity contribution in [3.8, 4) is 0 Å². The highest BCUT2D eigenvalue weighted by molar-refractivity contribution is 7.88. The number of amides is 1. The maximum absolute atomic E-state index is 12.5. The Labute approximate surface area is 131 Å². The van der Waals surface area contributed by atoms with Crippen LogP contribution in [0.4, 0.5) is 0 Å². The second-order valence-corrected chi connectivity index (χ2v) is 7.30. The van der Waals surface area contributed by atoms with E-state index < -0.39 is 15.9 Å². The zero-order chi connectivity index (χ0) is 16.0. The SMILES string of the molecule is CCCCN(CC(N)=O)S(=O)(=O)Cc1cccc(C)c1Cl. The van der Waals surface area contributed by atoms with Gasteiger partial charge in [0.05, 0.1) is 12.3 Å². The number of primary amides is 1. The molecule has 0 aliphatic carbocycles. The number of rotatable bonds is 8. The summed E-state index contributed by atoms with van der Waals surface area (Å²) in [7, 11) is -3.63. The number of unbranched alkanes of at least 4 members (excludes halogenated alkanes) is 1. The quantitative estimate of drug-likeness (QED) is 0.791. The van der Waals surface area contributed by atoms with Crippen LogP contribution in [0.3, 0.4) is 0 Å². The highest BCUT2D eigenvalue weighted by atomic mass is 35.5. The number of sulfonamides is 1. The molecule has 0 saturated carbocycles. The van der Waals surface area contributed by atoms with Gasteiger partial charge in [0.25, 0.3) is 0 Å². The lowest BCUT2D eigenvalue weighted by molar-refractivity contribution is -0.118. The first-order valence-electron chi connectivity index (χ1n) is 6.78. The van der Waals surface area contributed by atoms with Gasteiger partial charge in [-0.15, -0.1) is 0 Å². The van der Waals surface area contributed by atoms with Crippen LogP contribution in [0.25, 0.3) is 0 Å². The van der Waals surface area contributed by atoms with Crippen molar-refractivity contribution in [2.24, 2.45) is 5.73 Å². The Morgan fingerprint density at radius 2 is 2.05 bits per heavy atom. The monoisotopic (exact) mass is 332 g/mol. The predicted molar refractivity (Wildman–Crippen MR) is 84.5 cm³/mol. The maximum Gasteiger partial charge on any atom is 0.232 e. The first-order valence-corrected chi connectivity index (χ1v) is 8.76. The molecule has 2 N–H and O–H groups in total. The van der Waals surface area contributed by atoms with Crippen LogP contribution in [0, 0.1) is 6.92 Å². The smallest absolute Gasteiger partial charge is 0.232 e. The molecule has 0 atom stereocenters. The fourth-order valence-electron chi connectivity index (χ4n) is 1.93. The highest BCUT2D eigenvalue weighted by Crippen LogP contribution is 2.23. The first-order chi connectivity index (χ1) is 9.77. The molecule has 0 unspecified atom stereocenters. The fourth-order valence-corrected chi connectivity index (χ4v) is 3.75. The number of benzene rings is 1. The summed E-state index contributed by atoms with van der Waals surface area (Å²) in [5.41, 5.74) is 6.49. The van der Waals surface area contributed by atoms with E-state index in [2.05, 4.69) is 0 Å². The molecule has 0 saturated heterocycles. The van der Waals surface area contributed by atoms with Crippen LogP contribution in [0.2, 0.25) is 5.02 Å². The van der Waals surface area contributed by atoms with E-state index in [1.807, 2.05) is 19.9 Å². The summed E-state index contributed by atoms with van der Waals surface area (Å²) < 4.78 is 26.1. The fraction of sp³-hybridized carbons (Fsp3) is 0.500. The minimum absolute atomic E-state index is 0.232. The third-order valence-corrected chi connectivity index (χ3v) is 5.41.